The highest BCUT2D eigenvalue weighted by molar-refractivity contribution is 5.59. The first kappa shape index (κ1) is 28.0. The van der Waals surface area contributed by atoms with Crippen LogP contribution in [0.25, 0.3) is 22.8 Å². The van der Waals surface area contributed by atoms with E-state index >= 15 is 0 Å². The van der Waals surface area contributed by atoms with Gasteiger partial charge in [0.15, 0.2) is 11.6 Å². The molecule has 220 valence electrons. The van der Waals surface area contributed by atoms with Gasteiger partial charge in [0, 0.05) is 23.3 Å². The van der Waals surface area contributed by atoms with Crippen LogP contribution in [0.2, 0.25) is 0 Å². The van der Waals surface area contributed by atoms with Crippen molar-refractivity contribution in [2.45, 2.75) is 13.8 Å². The maximum Gasteiger partial charge on any atom is 0.226 e. The smallest absolute Gasteiger partial charge is 0.226 e. The van der Waals surface area contributed by atoms with Crippen molar-refractivity contribution in [3.8, 4) is 81.4 Å². The molecule has 1 aliphatic heterocycles. The number of hydrogen-bond donors (Lipinski definition) is 0. The van der Waals surface area contributed by atoms with Crippen LogP contribution in [0, 0.1) is 36.5 Å². The van der Waals surface area contributed by atoms with Crippen LogP contribution in [0.5, 0.6) is 46.5 Å². The zero-order chi connectivity index (χ0) is 31.6. The van der Waals surface area contributed by atoms with Crippen LogP contribution < -0.4 is 18.9 Å². The standard InChI is InChI=1S/C36H22N6O4/c1-21-11-27-15-28(12-21)44-32-18-34(42-36(40-32)26-9-5-24(20-38)6-10-26)46-30-14-22(2)13-29(16-30)45-33-17-31(43-27)39-35(41-33)25-7-3-23(19-37)4-8-25/h3-18H,1-2H3. The van der Waals surface area contributed by atoms with Crippen molar-refractivity contribution in [3.05, 3.63) is 119 Å². The summed E-state index contributed by atoms with van der Waals surface area (Å²) in [6, 6.07) is 32.1. The molecule has 10 nitrogen and oxygen atoms in total. The summed E-state index contributed by atoms with van der Waals surface area (Å²) < 4.78 is 25.0. The molecule has 4 aromatic carbocycles. The monoisotopic (exact) mass is 602 g/mol. The molecule has 0 unspecified atom stereocenters. The lowest BCUT2D eigenvalue weighted by Crippen LogP contribution is -2.00. The van der Waals surface area contributed by atoms with Crippen LogP contribution in [0.3, 0.4) is 0 Å². The number of nitriles is 2. The van der Waals surface area contributed by atoms with E-state index in [1.165, 1.54) is 0 Å². The van der Waals surface area contributed by atoms with Gasteiger partial charge in [0.05, 0.1) is 35.4 Å². The minimum absolute atomic E-state index is 0.240. The van der Waals surface area contributed by atoms with Crippen molar-refractivity contribution >= 4 is 0 Å². The summed E-state index contributed by atoms with van der Waals surface area (Å²) in [4.78, 5) is 18.6. The van der Waals surface area contributed by atoms with Gasteiger partial charge in [-0.25, -0.2) is 0 Å². The first-order valence-electron chi connectivity index (χ1n) is 14.1. The SMILES string of the molecule is Cc1cc2cc(c1)Oc1cc(nc(-c3ccc(C#N)cc3)n1)Oc1cc(C)cc(c1)Oc1cc(nc(-c3ccc(C#N)cc3)n1)O2. The molecule has 8 bridgehead atoms. The lowest BCUT2D eigenvalue weighted by atomic mass is 10.1. The average molecular weight is 603 g/mol. The van der Waals surface area contributed by atoms with E-state index in [4.69, 9.17) is 18.9 Å². The molecule has 0 fully saturated rings. The van der Waals surface area contributed by atoms with Gasteiger partial charge in [-0.3, -0.25) is 0 Å². The van der Waals surface area contributed by atoms with E-state index in [-0.39, 0.29) is 23.5 Å². The number of benzene rings is 4. The van der Waals surface area contributed by atoms with Gasteiger partial charge < -0.3 is 18.9 Å². The normalized spacial score (nSPS) is 11.5. The molecular formula is C36H22N6O4. The highest BCUT2D eigenvalue weighted by Crippen LogP contribution is 2.36. The third-order valence-corrected chi connectivity index (χ3v) is 6.84. The number of aromatic nitrogens is 4. The summed E-state index contributed by atoms with van der Waals surface area (Å²) in [5.41, 5.74) is 4.14. The molecule has 0 spiro atoms. The second-order valence-electron chi connectivity index (χ2n) is 10.5. The van der Waals surface area contributed by atoms with Gasteiger partial charge in [-0.05, 0) is 97.8 Å². The Morgan fingerprint density at radius 1 is 0.435 bits per heavy atom. The van der Waals surface area contributed by atoms with Gasteiger partial charge in [0.25, 0.3) is 0 Å². The van der Waals surface area contributed by atoms with Crippen LogP contribution in [0.4, 0.5) is 0 Å². The number of hydrogen-bond acceptors (Lipinski definition) is 10. The van der Waals surface area contributed by atoms with Gasteiger partial charge >= 0.3 is 0 Å². The largest absolute Gasteiger partial charge is 0.439 e. The Labute approximate surface area is 263 Å². The number of fused-ring (bicyclic) bond motifs is 8. The lowest BCUT2D eigenvalue weighted by molar-refractivity contribution is 0.415. The topological polar surface area (TPSA) is 136 Å². The van der Waals surface area contributed by atoms with Crippen molar-refractivity contribution in [1.29, 1.82) is 10.5 Å². The molecule has 7 rings (SSSR count). The predicted molar refractivity (Wildman–Crippen MR) is 167 cm³/mol. The summed E-state index contributed by atoms with van der Waals surface area (Å²) in [5, 5.41) is 18.5. The first-order chi connectivity index (χ1) is 22.4. The fourth-order valence-corrected chi connectivity index (χ4v) is 4.81. The molecule has 1 aliphatic rings. The molecule has 2 aromatic heterocycles. The van der Waals surface area contributed by atoms with Crippen molar-refractivity contribution in [3.63, 3.8) is 0 Å². The van der Waals surface area contributed by atoms with E-state index in [0.29, 0.717) is 56.9 Å². The maximum absolute atomic E-state index is 9.23. The highest BCUT2D eigenvalue weighted by atomic mass is 16.5. The van der Waals surface area contributed by atoms with Crippen LogP contribution >= 0.6 is 0 Å². The second kappa shape index (κ2) is 11.7. The van der Waals surface area contributed by atoms with E-state index in [2.05, 4.69) is 32.1 Å². The third kappa shape index (κ3) is 6.13. The summed E-state index contributed by atoms with van der Waals surface area (Å²) in [6.07, 6.45) is 0. The zero-order valence-electron chi connectivity index (χ0n) is 24.6. The van der Waals surface area contributed by atoms with Crippen LogP contribution in [0.1, 0.15) is 22.3 Å². The van der Waals surface area contributed by atoms with Gasteiger partial charge in [0.1, 0.15) is 23.0 Å². The number of aryl methyl sites for hydroxylation is 2. The van der Waals surface area contributed by atoms with E-state index in [9.17, 15) is 10.5 Å². The molecule has 0 N–H and O–H groups in total. The summed E-state index contributed by atoms with van der Waals surface area (Å²) in [6.45, 7) is 3.83. The Morgan fingerprint density at radius 3 is 1.02 bits per heavy atom. The molecule has 0 amide bonds. The molecule has 6 aromatic rings. The molecule has 0 saturated heterocycles. The molecule has 0 atom stereocenters. The second-order valence-corrected chi connectivity index (χ2v) is 10.5. The Bertz CT molecular complexity index is 1960. The van der Waals surface area contributed by atoms with E-state index in [0.717, 1.165) is 11.1 Å². The van der Waals surface area contributed by atoms with E-state index in [1.807, 2.05) is 38.1 Å². The summed E-state index contributed by atoms with van der Waals surface area (Å²) >= 11 is 0. The molecule has 0 aliphatic carbocycles. The molecule has 0 saturated carbocycles. The van der Waals surface area contributed by atoms with E-state index < -0.39 is 0 Å². The highest BCUT2D eigenvalue weighted by Gasteiger charge is 2.16. The molecular weight excluding hydrogens is 580 g/mol. The van der Waals surface area contributed by atoms with Crippen molar-refractivity contribution in [1.82, 2.24) is 19.9 Å². The fraction of sp³-hybridized carbons (Fsp3) is 0.0556. The van der Waals surface area contributed by atoms with Crippen molar-refractivity contribution in [2.24, 2.45) is 0 Å². The first-order valence-corrected chi connectivity index (χ1v) is 14.1. The van der Waals surface area contributed by atoms with Gasteiger partial charge in [-0.1, -0.05) is 0 Å². The van der Waals surface area contributed by atoms with Gasteiger partial charge in [0.2, 0.25) is 23.5 Å². The molecule has 10 heteroatoms. The lowest BCUT2D eigenvalue weighted by Gasteiger charge is -2.15. The van der Waals surface area contributed by atoms with Gasteiger partial charge in [-0.15, -0.1) is 0 Å². The number of rotatable bonds is 2. The van der Waals surface area contributed by atoms with Crippen molar-refractivity contribution < 1.29 is 18.9 Å². The number of ether oxygens (including phenoxy) is 4. The molecule has 46 heavy (non-hydrogen) atoms. The average Bonchev–Trinajstić information content (AvgIpc) is 3.03. The molecule has 3 heterocycles. The quantitative estimate of drug-likeness (QED) is 0.189. The van der Waals surface area contributed by atoms with Crippen LogP contribution in [-0.2, 0) is 0 Å². The summed E-state index contributed by atoms with van der Waals surface area (Å²) in [5.74, 6) is 3.53. The summed E-state index contributed by atoms with van der Waals surface area (Å²) in [7, 11) is 0. The number of nitrogens with zero attached hydrogens (tertiary/aromatic N) is 6. The van der Waals surface area contributed by atoms with E-state index in [1.54, 1.807) is 72.8 Å². The third-order valence-electron chi connectivity index (χ3n) is 6.84. The Morgan fingerprint density at radius 2 is 0.739 bits per heavy atom. The Balaban J connectivity index is 1.36. The minimum Gasteiger partial charge on any atom is -0.439 e. The Kier molecular flexibility index (Phi) is 7.14. The minimum atomic E-state index is 0.240. The van der Waals surface area contributed by atoms with Crippen molar-refractivity contribution in [2.75, 3.05) is 0 Å². The molecule has 0 radical (unpaired) electrons. The Hall–Kier alpha value is -6.78. The van der Waals surface area contributed by atoms with Crippen LogP contribution in [-0.4, -0.2) is 19.9 Å². The maximum atomic E-state index is 9.23. The van der Waals surface area contributed by atoms with Gasteiger partial charge in [-0.2, -0.15) is 30.5 Å². The fourth-order valence-electron chi connectivity index (χ4n) is 4.81. The predicted octanol–water partition coefficient (Wildman–Crippen LogP) is 8.44. The zero-order valence-corrected chi connectivity index (χ0v) is 24.6. The van der Waals surface area contributed by atoms with Crippen LogP contribution in [0.15, 0.2) is 97.1 Å².